The van der Waals surface area contributed by atoms with Crippen LogP contribution >= 0.6 is 15.9 Å². The first-order chi connectivity index (χ1) is 15.5. The molecule has 2 aromatic carbocycles. The second kappa shape index (κ2) is 10.3. The summed E-state index contributed by atoms with van der Waals surface area (Å²) in [6, 6.07) is 14.3. The minimum absolute atomic E-state index is 0.140. The zero-order chi connectivity index (χ0) is 22.6. The molecule has 1 amide bonds. The highest BCUT2D eigenvalue weighted by atomic mass is 79.9. The molecule has 6 heteroatoms. The van der Waals surface area contributed by atoms with E-state index in [1.807, 2.05) is 24.3 Å². The molecule has 2 aliphatic rings. The van der Waals surface area contributed by atoms with Gasteiger partial charge in [0.15, 0.2) is 11.5 Å². The maximum atomic E-state index is 13.2. The molecule has 2 heterocycles. The van der Waals surface area contributed by atoms with Crippen molar-refractivity contribution in [3.63, 3.8) is 0 Å². The number of rotatable bonds is 8. The first-order valence-electron chi connectivity index (χ1n) is 11.3. The number of likely N-dealkylation sites (tertiary alicyclic amines) is 2. The van der Waals surface area contributed by atoms with Crippen LogP contribution in [0.15, 0.2) is 46.9 Å². The molecular formula is C26H32BrN2O3. The number of carbonyl (C=O) groups is 1. The first kappa shape index (κ1) is 23.1. The lowest BCUT2D eigenvalue weighted by atomic mass is 9.77. The van der Waals surface area contributed by atoms with E-state index in [9.17, 15) is 4.79 Å². The van der Waals surface area contributed by atoms with Gasteiger partial charge in [0, 0.05) is 17.6 Å². The Balaban J connectivity index is 1.24. The van der Waals surface area contributed by atoms with Gasteiger partial charge < -0.3 is 19.3 Å². The molecule has 0 unspecified atom stereocenters. The van der Waals surface area contributed by atoms with E-state index in [0.29, 0.717) is 5.91 Å². The lowest BCUT2D eigenvalue weighted by molar-refractivity contribution is -0.138. The van der Waals surface area contributed by atoms with E-state index in [1.165, 1.54) is 5.56 Å². The average molecular weight is 500 g/mol. The first-order valence-corrected chi connectivity index (χ1v) is 12.1. The van der Waals surface area contributed by atoms with E-state index in [4.69, 9.17) is 9.47 Å². The molecule has 5 nitrogen and oxygen atoms in total. The molecule has 171 valence electrons. The number of halogens is 1. The second-order valence-electron chi connectivity index (χ2n) is 8.83. The van der Waals surface area contributed by atoms with Gasteiger partial charge in [-0.2, -0.15) is 0 Å². The van der Waals surface area contributed by atoms with Gasteiger partial charge >= 0.3 is 0 Å². The van der Waals surface area contributed by atoms with E-state index in [0.717, 1.165) is 79.9 Å². The average Bonchev–Trinajstić information content (AvgIpc) is 3.11. The van der Waals surface area contributed by atoms with Crippen molar-refractivity contribution >= 4 is 21.8 Å². The summed E-state index contributed by atoms with van der Waals surface area (Å²) in [6.07, 6.45) is 6.16. The quantitative estimate of drug-likeness (QED) is 0.516. The maximum Gasteiger partial charge on any atom is 0.229 e. The fourth-order valence-corrected chi connectivity index (χ4v) is 5.18. The molecule has 0 bridgehead atoms. The molecule has 2 fully saturated rings. The van der Waals surface area contributed by atoms with Gasteiger partial charge in [-0.25, -0.2) is 0 Å². The largest absolute Gasteiger partial charge is 0.493 e. The molecule has 0 saturated carbocycles. The molecule has 1 spiro atoms. The monoisotopic (exact) mass is 499 g/mol. The van der Waals surface area contributed by atoms with E-state index < -0.39 is 0 Å². The number of benzene rings is 2. The number of hydrogen-bond donors (Lipinski definition) is 0. The SMILES string of the molecule is COc1ccc([CH]CCN2CCC3(CC2)CCN(Cc2ccc(Br)cc2)C3=O)cc1OC. The zero-order valence-corrected chi connectivity index (χ0v) is 20.6. The van der Waals surface area contributed by atoms with Gasteiger partial charge in [-0.3, -0.25) is 4.79 Å². The highest BCUT2D eigenvalue weighted by Crippen LogP contribution is 2.42. The molecule has 0 aliphatic carbocycles. The number of ether oxygens (including phenoxy) is 2. The molecule has 4 rings (SSSR count). The standard InChI is InChI=1S/C26H32BrN2O3/c1-31-23-10-7-20(18-24(23)32-2)4-3-14-28-15-11-26(12-16-28)13-17-29(25(26)30)19-21-5-8-22(27)9-6-21/h4-10,18H,3,11-17,19H2,1-2H3. The fraction of sp³-hybridized carbons (Fsp3) is 0.462. The van der Waals surface area contributed by atoms with Crippen LogP contribution in [0.2, 0.25) is 0 Å². The number of hydrogen-bond acceptors (Lipinski definition) is 4. The lowest BCUT2D eigenvalue weighted by Crippen LogP contribution is -2.44. The van der Waals surface area contributed by atoms with E-state index in [-0.39, 0.29) is 5.41 Å². The Bertz CT molecular complexity index is 923. The Kier molecular flexibility index (Phi) is 7.41. The minimum Gasteiger partial charge on any atom is -0.493 e. The van der Waals surface area contributed by atoms with Crippen LogP contribution in [0.1, 0.15) is 36.8 Å². The fourth-order valence-electron chi connectivity index (χ4n) is 4.92. The molecule has 0 atom stereocenters. The molecule has 1 radical (unpaired) electrons. The summed E-state index contributed by atoms with van der Waals surface area (Å²) in [5.41, 5.74) is 2.20. The number of piperidine rings is 1. The Morgan fingerprint density at radius 1 is 0.969 bits per heavy atom. The Labute approximate surface area is 199 Å². The highest BCUT2D eigenvalue weighted by Gasteiger charge is 2.47. The summed E-state index contributed by atoms with van der Waals surface area (Å²) in [7, 11) is 3.31. The van der Waals surface area contributed by atoms with Crippen LogP contribution in [0.25, 0.3) is 0 Å². The third-order valence-corrected chi connectivity index (χ3v) is 7.46. The van der Waals surface area contributed by atoms with Gasteiger partial charge in [-0.1, -0.05) is 34.1 Å². The highest BCUT2D eigenvalue weighted by molar-refractivity contribution is 9.10. The summed E-state index contributed by atoms with van der Waals surface area (Å²) in [4.78, 5) is 17.8. The van der Waals surface area contributed by atoms with Crippen molar-refractivity contribution in [1.29, 1.82) is 0 Å². The summed E-state index contributed by atoms with van der Waals surface area (Å²) in [5, 5.41) is 0. The summed E-state index contributed by atoms with van der Waals surface area (Å²) in [5.74, 6) is 1.87. The number of amides is 1. The predicted molar refractivity (Wildman–Crippen MR) is 130 cm³/mol. The van der Waals surface area contributed by atoms with Crippen LogP contribution in [0.3, 0.4) is 0 Å². The maximum absolute atomic E-state index is 13.2. The van der Waals surface area contributed by atoms with Crippen LogP contribution in [0.4, 0.5) is 0 Å². The van der Waals surface area contributed by atoms with Gasteiger partial charge in [0.2, 0.25) is 5.91 Å². The Hall–Kier alpha value is -2.05. The van der Waals surface area contributed by atoms with E-state index in [1.54, 1.807) is 14.2 Å². The predicted octanol–water partition coefficient (Wildman–Crippen LogP) is 4.92. The summed E-state index contributed by atoms with van der Waals surface area (Å²) >= 11 is 3.48. The zero-order valence-electron chi connectivity index (χ0n) is 19.0. The molecule has 0 aromatic heterocycles. The van der Waals surface area contributed by atoms with Crippen LogP contribution in [-0.4, -0.2) is 56.1 Å². The van der Waals surface area contributed by atoms with Crippen LogP contribution in [-0.2, 0) is 11.3 Å². The Morgan fingerprint density at radius 2 is 1.66 bits per heavy atom. The minimum atomic E-state index is -0.140. The van der Waals surface area contributed by atoms with Gasteiger partial charge in [0.05, 0.1) is 19.6 Å². The third kappa shape index (κ3) is 5.12. The molecule has 2 aromatic rings. The van der Waals surface area contributed by atoms with Gasteiger partial charge in [0.1, 0.15) is 0 Å². The number of methoxy groups -OCH3 is 2. The van der Waals surface area contributed by atoms with Gasteiger partial charge in [-0.05, 0) is 87.1 Å². The Morgan fingerprint density at radius 3 is 2.34 bits per heavy atom. The topological polar surface area (TPSA) is 42.0 Å². The normalized spacial score (nSPS) is 18.3. The molecule has 2 saturated heterocycles. The van der Waals surface area contributed by atoms with Crippen molar-refractivity contribution in [3.8, 4) is 11.5 Å². The van der Waals surface area contributed by atoms with Crippen molar-refractivity contribution in [3.05, 3.63) is 64.5 Å². The van der Waals surface area contributed by atoms with Crippen molar-refractivity contribution in [2.24, 2.45) is 5.41 Å². The van der Waals surface area contributed by atoms with Crippen LogP contribution in [0, 0.1) is 11.8 Å². The molecule has 32 heavy (non-hydrogen) atoms. The van der Waals surface area contributed by atoms with Crippen molar-refractivity contribution in [2.45, 2.75) is 32.2 Å². The van der Waals surface area contributed by atoms with Crippen LogP contribution < -0.4 is 9.47 Å². The van der Waals surface area contributed by atoms with E-state index >= 15 is 0 Å². The molecule has 0 N–H and O–H groups in total. The number of nitrogens with zero attached hydrogens (tertiary/aromatic N) is 2. The molecular weight excluding hydrogens is 468 g/mol. The van der Waals surface area contributed by atoms with E-state index in [2.05, 4.69) is 50.3 Å². The van der Waals surface area contributed by atoms with Crippen molar-refractivity contribution in [1.82, 2.24) is 9.80 Å². The summed E-state index contributed by atoms with van der Waals surface area (Å²) < 4.78 is 11.8. The van der Waals surface area contributed by atoms with Crippen molar-refractivity contribution < 1.29 is 14.3 Å². The van der Waals surface area contributed by atoms with Crippen LogP contribution in [0.5, 0.6) is 11.5 Å². The lowest BCUT2D eigenvalue weighted by Gasteiger charge is -2.38. The third-order valence-electron chi connectivity index (χ3n) is 6.93. The van der Waals surface area contributed by atoms with Gasteiger partial charge in [0.25, 0.3) is 0 Å². The van der Waals surface area contributed by atoms with Gasteiger partial charge in [-0.15, -0.1) is 0 Å². The number of carbonyl (C=O) groups excluding carboxylic acids is 1. The second-order valence-corrected chi connectivity index (χ2v) is 9.75. The smallest absolute Gasteiger partial charge is 0.229 e. The summed E-state index contributed by atoms with van der Waals surface area (Å²) in [6.45, 7) is 4.61. The molecule has 2 aliphatic heterocycles. The van der Waals surface area contributed by atoms with Crippen molar-refractivity contribution in [2.75, 3.05) is 40.4 Å².